The maximum absolute atomic E-state index is 12.2. The Kier molecular flexibility index (Phi) is 6.30. The molecule has 30 heavy (non-hydrogen) atoms. The number of nitrogens with zero attached hydrogens (tertiary/aromatic N) is 1. The number of H-pyrrole nitrogens is 1. The van der Waals surface area contributed by atoms with Crippen LogP contribution < -0.4 is 26.7 Å². The number of phenols is 1. The molecule has 0 aliphatic heterocycles. The molecule has 0 bridgehead atoms. The number of halogens is 1. The summed E-state index contributed by atoms with van der Waals surface area (Å²) < 4.78 is 4.97. The quantitative estimate of drug-likeness (QED) is 0.235. The minimum atomic E-state index is -1.50. The number of carbonyl (C=O) groups excluding carboxylic acids is 2. The van der Waals surface area contributed by atoms with Gasteiger partial charge in [0.25, 0.3) is 5.56 Å². The molecule has 11 heteroatoms. The van der Waals surface area contributed by atoms with Crippen LogP contribution in [0.3, 0.4) is 0 Å². The van der Waals surface area contributed by atoms with Crippen LogP contribution in [0.15, 0.2) is 59.5 Å². The normalized spacial score (nSPS) is 11.4. The first-order chi connectivity index (χ1) is 14.3. The van der Waals surface area contributed by atoms with E-state index in [9.17, 15) is 19.5 Å². The van der Waals surface area contributed by atoms with Gasteiger partial charge in [-0.05, 0) is 48.5 Å². The van der Waals surface area contributed by atoms with Crippen molar-refractivity contribution in [3.63, 3.8) is 0 Å². The number of carbonyl (C=O) groups is 2. The molecular weight excluding hydrogens is 414 g/mol. The second kappa shape index (κ2) is 9.07. The van der Waals surface area contributed by atoms with Gasteiger partial charge in [0, 0.05) is 10.6 Å². The van der Waals surface area contributed by atoms with E-state index in [1.807, 2.05) is 0 Å². The van der Waals surface area contributed by atoms with E-state index in [1.54, 1.807) is 24.3 Å². The van der Waals surface area contributed by atoms with Gasteiger partial charge in [-0.2, -0.15) is 0 Å². The topological polar surface area (TPSA) is 159 Å². The molecule has 3 rings (SSSR count). The Morgan fingerprint density at radius 3 is 2.43 bits per heavy atom. The third-order valence-electron chi connectivity index (χ3n) is 3.76. The second-order valence-corrected chi connectivity index (χ2v) is 6.41. The first-order valence-electron chi connectivity index (χ1n) is 8.51. The van der Waals surface area contributed by atoms with Crippen molar-refractivity contribution < 1.29 is 19.4 Å². The van der Waals surface area contributed by atoms with E-state index >= 15 is 0 Å². The van der Waals surface area contributed by atoms with Crippen molar-refractivity contribution in [2.24, 2.45) is 5.73 Å². The molecule has 1 aromatic heterocycles. The summed E-state index contributed by atoms with van der Waals surface area (Å²) in [5.74, 6) is -0.524. The number of aromatic hydroxyl groups is 1. The first kappa shape index (κ1) is 20.8. The number of amides is 2. The van der Waals surface area contributed by atoms with Gasteiger partial charge >= 0.3 is 12.0 Å². The number of esters is 1. The number of hydrogen-bond acceptors (Lipinski definition) is 7. The number of urea groups is 1. The summed E-state index contributed by atoms with van der Waals surface area (Å²) in [5, 5.41) is 14.1. The van der Waals surface area contributed by atoms with Gasteiger partial charge in [-0.1, -0.05) is 11.6 Å². The van der Waals surface area contributed by atoms with Gasteiger partial charge in [-0.25, -0.2) is 14.6 Å². The van der Waals surface area contributed by atoms with Crippen molar-refractivity contribution in [2.45, 2.75) is 6.17 Å². The molecule has 0 radical (unpaired) electrons. The van der Waals surface area contributed by atoms with Crippen LogP contribution in [0, 0.1) is 0 Å². The number of aromatic nitrogens is 2. The van der Waals surface area contributed by atoms with Crippen molar-refractivity contribution in [1.82, 2.24) is 15.3 Å². The first-order valence-corrected chi connectivity index (χ1v) is 8.89. The van der Waals surface area contributed by atoms with Gasteiger partial charge in [0.2, 0.25) is 0 Å². The van der Waals surface area contributed by atoms with Crippen LogP contribution in [0.25, 0.3) is 11.4 Å². The summed E-state index contributed by atoms with van der Waals surface area (Å²) in [6, 6.07) is 11.1. The van der Waals surface area contributed by atoms with E-state index in [-0.39, 0.29) is 23.0 Å². The molecule has 0 aliphatic carbocycles. The standard InChI is InChI=1S/C19H16ClN5O5/c20-11-3-1-10(2-4-11)16-22-9-14(17(27)25-16)23-19(29)24-15(21)18(28)30-13-7-5-12(26)6-8-13/h1-9,15,26H,21H2,(H,22,25,27)(H2,23,24,29)/t15-/m0/s1. The Hall–Kier alpha value is -3.89. The highest BCUT2D eigenvalue weighted by molar-refractivity contribution is 6.30. The molecule has 6 N–H and O–H groups in total. The number of nitrogens with two attached hydrogens (primary N) is 1. The van der Waals surface area contributed by atoms with E-state index < -0.39 is 23.7 Å². The summed E-state index contributed by atoms with van der Waals surface area (Å²) in [6.07, 6.45) is -0.331. The Bertz CT molecular complexity index is 1120. The molecule has 3 aromatic rings. The van der Waals surface area contributed by atoms with Crippen LogP contribution in [-0.2, 0) is 4.79 Å². The van der Waals surface area contributed by atoms with Crippen LogP contribution in [0.4, 0.5) is 10.5 Å². The molecule has 0 fully saturated rings. The summed E-state index contributed by atoms with van der Waals surface area (Å²) >= 11 is 5.83. The van der Waals surface area contributed by atoms with Crippen LogP contribution in [0.5, 0.6) is 11.5 Å². The van der Waals surface area contributed by atoms with Gasteiger partial charge in [-0.15, -0.1) is 0 Å². The van der Waals surface area contributed by atoms with E-state index in [1.165, 1.54) is 30.5 Å². The Morgan fingerprint density at radius 2 is 1.80 bits per heavy atom. The molecule has 0 saturated carbocycles. The maximum Gasteiger partial charge on any atom is 0.349 e. The number of hydrogen-bond donors (Lipinski definition) is 5. The van der Waals surface area contributed by atoms with E-state index in [2.05, 4.69) is 20.6 Å². The van der Waals surface area contributed by atoms with Crippen LogP contribution >= 0.6 is 11.6 Å². The number of ether oxygens (including phenoxy) is 1. The zero-order valence-corrected chi connectivity index (χ0v) is 16.0. The lowest BCUT2D eigenvalue weighted by atomic mass is 10.2. The van der Waals surface area contributed by atoms with Crippen LogP contribution in [0.1, 0.15) is 0 Å². The molecule has 1 atom stereocenters. The van der Waals surface area contributed by atoms with Gasteiger partial charge in [-0.3, -0.25) is 4.79 Å². The zero-order chi connectivity index (χ0) is 21.7. The molecule has 0 aliphatic rings. The van der Waals surface area contributed by atoms with Gasteiger partial charge < -0.3 is 31.2 Å². The highest BCUT2D eigenvalue weighted by Gasteiger charge is 2.19. The number of anilines is 1. The minimum Gasteiger partial charge on any atom is -0.508 e. The fourth-order valence-corrected chi connectivity index (χ4v) is 2.42. The number of aromatic amines is 1. The minimum absolute atomic E-state index is 0.00230. The lowest BCUT2D eigenvalue weighted by Gasteiger charge is -2.13. The predicted octanol–water partition coefficient (Wildman–Crippen LogP) is 1.81. The average Bonchev–Trinajstić information content (AvgIpc) is 2.71. The molecule has 154 valence electrons. The predicted molar refractivity (Wildman–Crippen MR) is 109 cm³/mol. The van der Waals surface area contributed by atoms with Gasteiger partial charge in [0.05, 0.1) is 6.20 Å². The molecule has 0 unspecified atom stereocenters. The molecule has 0 spiro atoms. The highest BCUT2D eigenvalue weighted by atomic mass is 35.5. The number of phenolic OH excluding ortho intramolecular Hbond substituents is 1. The van der Waals surface area contributed by atoms with Crippen molar-refractivity contribution in [3.8, 4) is 22.9 Å². The van der Waals surface area contributed by atoms with Crippen molar-refractivity contribution in [2.75, 3.05) is 5.32 Å². The largest absolute Gasteiger partial charge is 0.508 e. The fraction of sp³-hybridized carbons (Fsp3) is 0.0526. The summed E-state index contributed by atoms with van der Waals surface area (Å²) in [7, 11) is 0. The molecule has 2 aromatic carbocycles. The Morgan fingerprint density at radius 1 is 1.13 bits per heavy atom. The molecule has 10 nitrogen and oxygen atoms in total. The lowest BCUT2D eigenvalue weighted by Crippen LogP contribution is -2.51. The van der Waals surface area contributed by atoms with Gasteiger partial charge in [0.15, 0.2) is 6.17 Å². The third kappa shape index (κ3) is 5.34. The van der Waals surface area contributed by atoms with Crippen LogP contribution in [-0.4, -0.2) is 33.2 Å². The number of benzene rings is 2. The average molecular weight is 430 g/mol. The zero-order valence-electron chi connectivity index (χ0n) is 15.3. The van der Waals surface area contributed by atoms with Crippen molar-refractivity contribution in [3.05, 3.63) is 70.1 Å². The summed E-state index contributed by atoms with van der Waals surface area (Å²) in [5.41, 5.74) is 5.47. The number of nitrogens with one attached hydrogen (secondary N) is 3. The van der Waals surface area contributed by atoms with Crippen LogP contribution in [0.2, 0.25) is 5.02 Å². The molecule has 0 saturated heterocycles. The Labute approximate surface area is 174 Å². The maximum atomic E-state index is 12.2. The number of rotatable bonds is 5. The van der Waals surface area contributed by atoms with E-state index in [0.29, 0.717) is 10.6 Å². The summed E-state index contributed by atoms with van der Waals surface area (Å²) in [4.78, 5) is 42.8. The molecule has 2 amide bonds. The van der Waals surface area contributed by atoms with Crippen molar-refractivity contribution >= 4 is 29.3 Å². The monoisotopic (exact) mass is 429 g/mol. The van der Waals surface area contributed by atoms with E-state index in [0.717, 1.165) is 0 Å². The van der Waals surface area contributed by atoms with Crippen molar-refractivity contribution in [1.29, 1.82) is 0 Å². The molecular formula is C19H16ClN5O5. The third-order valence-corrected chi connectivity index (χ3v) is 4.01. The smallest absolute Gasteiger partial charge is 0.349 e. The second-order valence-electron chi connectivity index (χ2n) is 5.97. The summed E-state index contributed by atoms with van der Waals surface area (Å²) in [6.45, 7) is 0. The van der Waals surface area contributed by atoms with E-state index in [4.69, 9.17) is 22.1 Å². The Balaban J connectivity index is 1.59. The molecule has 1 heterocycles. The van der Waals surface area contributed by atoms with Gasteiger partial charge in [0.1, 0.15) is 23.0 Å². The fourth-order valence-electron chi connectivity index (χ4n) is 2.29. The highest BCUT2D eigenvalue weighted by Crippen LogP contribution is 2.17. The lowest BCUT2D eigenvalue weighted by molar-refractivity contribution is -0.136. The SMILES string of the molecule is N[C@@H](NC(=O)Nc1cnc(-c2ccc(Cl)cc2)[nH]c1=O)C(=O)Oc1ccc(O)cc1.